The fourth-order valence-corrected chi connectivity index (χ4v) is 2.67. The van der Waals surface area contributed by atoms with Crippen molar-refractivity contribution in [1.29, 1.82) is 0 Å². The highest BCUT2D eigenvalue weighted by Crippen LogP contribution is 2.36. The summed E-state index contributed by atoms with van der Waals surface area (Å²) >= 11 is 0. The second kappa shape index (κ2) is 6.99. The van der Waals surface area contributed by atoms with Crippen LogP contribution in [-0.4, -0.2) is 35.6 Å². The molecule has 2 heterocycles. The molecule has 142 valence electrons. The quantitative estimate of drug-likeness (QED) is 0.744. The van der Waals surface area contributed by atoms with E-state index in [1.165, 1.54) is 18.3 Å². The molecular formula is C18H15F3N2O4. The zero-order valence-electron chi connectivity index (χ0n) is 14.4. The second-order valence-electron chi connectivity index (χ2n) is 5.97. The van der Waals surface area contributed by atoms with E-state index in [4.69, 9.17) is 4.84 Å². The van der Waals surface area contributed by atoms with Gasteiger partial charge in [0.15, 0.2) is 0 Å². The number of amides is 2. The average Bonchev–Trinajstić information content (AvgIpc) is 2.89. The van der Waals surface area contributed by atoms with Crippen molar-refractivity contribution < 1.29 is 32.3 Å². The predicted octanol–water partition coefficient (Wildman–Crippen LogP) is 3.44. The van der Waals surface area contributed by atoms with Gasteiger partial charge < -0.3 is 4.74 Å². The van der Waals surface area contributed by atoms with Gasteiger partial charge in [-0.25, -0.2) is 4.98 Å². The molecule has 2 aromatic rings. The van der Waals surface area contributed by atoms with Crippen molar-refractivity contribution in [3.8, 4) is 5.88 Å². The minimum atomic E-state index is -4.63. The van der Waals surface area contributed by atoms with Crippen LogP contribution >= 0.6 is 0 Å². The number of hydroxylamine groups is 2. The van der Waals surface area contributed by atoms with Gasteiger partial charge in [-0.1, -0.05) is 19.1 Å². The minimum absolute atomic E-state index is 0.184. The Morgan fingerprint density at radius 3 is 2.26 bits per heavy atom. The Labute approximate surface area is 152 Å². The largest absolute Gasteiger partial charge is 0.481 e. The maximum atomic E-state index is 13.1. The number of benzene rings is 1. The van der Waals surface area contributed by atoms with Crippen LogP contribution in [0.3, 0.4) is 0 Å². The lowest BCUT2D eigenvalue weighted by atomic mass is 10.0. The van der Waals surface area contributed by atoms with Gasteiger partial charge in [0.05, 0.1) is 24.8 Å². The Morgan fingerprint density at radius 1 is 1.15 bits per heavy atom. The number of pyridine rings is 1. The van der Waals surface area contributed by atoms with E-state index in [0.717, 1.165) is 13.2 Å². The first-order valence-electron chi connectivity index (χ1n) is 7.96. The maximum absolute atomic E-state index is 13.1. The van der Waals surface area contributed by atoms with Gasteiger partial charge in [0.2, 0.25) is 5.88 Å². The number of carbonyl (C=O) groups is 2. The Bertz CT molecular complexity index is 863. The van der Waals surface area contributed by atoms with E-state index in [2.05, 4.69) is 9.72 Å². The summed E-state index contributed by atoms with van der Waals surface area (Å²) in [6.07, 6.45) is -3.39. The number of aromatic nitrogens is 1. The molecule has 0 bridgehead atoms. The van der Waals surface area contributed by atoms with Crippen molar-refractivity contribution in [2.24, 2.45) is 0 Å². The Balaban J connectivity index is 1.75. The van der Waals surface area contributed by atoms with Crippen LogP contribution < -0.4 is 4.74 Å². The number of nitrogens with zero attached hydrogens (tertiary/aromatic N) is 2. The summed E-state index contributed by atoms with van der Waals surface area (Å²) in [6, 6.07) is 7.18. The summed E-state index contributed by atoms with van der Waals surface area (Å²) in [5.74, 6) is -2.30. The standard InChI is InChI=1S/C18H15F3N2O4/c1-10(11-7-14(18(19,20)21)15(26-2)22-8-11)9-27-23-16(24)12-5-3-4-6-13(12)17(23)25/h3-8,10H,9H2,1-2H3. The molecule has 27 heavy (non-hydrogen) atoms. The SMILES string of the molecule is COc1ncc(C(C)CON2C(=O)c3ccccc3C2=O)cc1C(F)(F)F. The van der Waals surface area contributed by atoms with E-state index >= 15 is 0 Å². The van der Waals surface area contributed by atoms with Gasteiger partial charge in [0, 0.05) is 12.1 Å². The third-order valence-electron chi connectivity index (χ3n) is 4.15. The molecule has 1 aliphatic heterocycles. The van der Waals surface area contributed by atoms with Crippen LogP contribution in [0.15, 0.2) is 36.5 Å². The zero-order chi connectivity index (χ0) is 19.8. The first kappa shape index (κ1) is 18.8. The van der Waals surface area contributed by atoms with E-state index in [0.29, 0.717) is 5.06 Å². The lowest BCUT2D eigenvalue weighted by Crippen LogP contribution is -2.31. The molecule has 0 spiro atoms. The molecular weight excluding hydrogens is 365 g/mol. The van der Waals surface area contributed by atoms with E-state index < -0.39 is 35.4 Å². The number of halogens is 3. The van der Waals surface area contributed by atoms with E-state index in [9.17, 15) is 22.8 Å². The number of hydrogen-bond donors (Lipinski definition) is 0. The van der Waals surface area contributed by atoms with Crippen molar-refractivity contribution in [3.63, 3.8) is 0 Å². The molecule has 0 saturated heterocycles. The summed E-state index contributed by atoms with van der Waals surface area (Å²) in [4.78, 5) is 33.4. The van der Waals surface area contributed by atoms with E-state index in [1.54, 1.807) is 19.1 Å². The topological polar surface area (TPSA) is 68.7 Å². The maximum Gasteiger partial charge on any atom is 0.421 e. The monoisotopic (exact) mass is 380 g/mol. The summed E-state index contributed by atoms with van der Waals surface area (Å²) < 4.78 is 44.0. The zero-order valence-corrected chi connectivity index (χ0v) is 14.4. The van der Waals surface area contributed by atoms with Crippen molar-refractivity contribution in [2.75, 3.05) is 13.7 Å². The van der Waals surface area contributed by atoms with Crippen LogP contribution in [0.5, 0.6) is 5.88 Å². The number of ether oxygens (including phenoxy) is 1. The van der Waals surface area contributed by atoms with Gasteiger partial charge >= 0.3 is 6.18 Å². The fraction of sp³-hybridized carbons (Fsp3) is 0.278. The molecule has 0 N–H and O–H groups in total. The molecule has 2 amide bonds. The molecule has 0 fully saturated rings. The first-order chi connectivity index (χ1) is 12.7. The lowest BCUT2D eigenvalue weighted by molar-refractivity contribution is -0.139. The first-order valence-corrected chi connectivity index (χ1v) is 7.96. The Hall–Kier alpha value is -2.94. The fourth-order valence-electron chi connectivity index (χ4n) is 2.67. The van der Waals surface area contributed by atoms with Gasteiger partial charge in [-0.3, -0.25) is 14.4 Å². The number of alkyl halides is 3. The van der Waals surface area contributed by atoms with Gasteiger partial charge in [-0.05, 0) is 23.8 Å². The third kappa shape index (κ3) is 3.50. The molecule has 0 aliphatic carbocycles. The average molecular weight is 380 g/mol. The summed E-state index contributed by atoms with van der Waals surface area (Å²) in [6.45, 7) is 1.42. The number of fused-ring (bicyclic) bond motifs is 1. The molecule has 1 atom stereocenters. The number of rotatable bonds is 5. The molecule has 0 saturated carbocycles. The van der Waals surface area contributed by atoms with Gasteiger partial charge in [-0.2, -0.15) is 13.2 Å². The van der Waals surface area contributed by atoms with Gasteiger partial charge in [0.1, 0.15) is 5.56 Å². The minimum Gasteiger partial charge on any atom is -0.481 e. The molecule has 3 rings (SSSR count). The van der Waals surface area contributed by atoms with Crippen molar-refractivity contribution in [1.82, 2.24) is 10.0 Å². The highest BCUT2D eigenvalue weighted by atomic mass is 19.4. The number of methoxy groups -OCH3 is 1. The van der Waals surface area contributed by atoms with Crippen molar-refractivity contribution >= 4 is 11.8 Å². The summed E-state index contributed by atoms with van der Waals surface area (Å²) in [5, 5.41) is 0.628. The molecule has 6 nitrogen and oxygen atoms in total. The van der Waals surface area contributed by atoms with E-state index in [1.807, 2.05) is 0 Å². The molecule has 1 aliphatic rings. The molecule has 1 aromatic heterocycles. The predicted molar refractivity (Wildman–Crippen MR) is 87.1 cm³/mol. The molecule has 1 aromatic carbocycles. The third-order valence-corrected chi connectivity index (χ3v) is 4.15. The van der Waals surface area contributed by atoms with Gasteiger partial charge in [0.25, 0.3) is 11.8 Å². The highest BCUT2D eigenvalue weighted by molar-refractivity contribution is 6.20. The highest BCUT2D eigenvalue weighted by Gasteiger charge is 2.38. The van der Waals surface area contributed by atoms with Crippen LogP contribution in [0.25, 0.3) is 0 Å². The second-order valence-corrected chi connectivity index (χ2v) is 5.97. The van der Waals surface area contributed by atoms with Crippen LogP contribution in [0.1, 0.15) is 44.7 Å². The Kier molecular flexibility index (Phi) is 4.88. The molecule has 9 heteroatoms. The van der Waals surface area contributed by atoms with Gasteiger partial charge in [-0.15, -0.1) is 5.06 Å². The molecule has 0 radical (unpaired) electrons. The number of hydrogen-bond acceptors (Lipinski definition) is 5. The summed E-state index contributed by atoms with van der Waals surface area (Å²) in [7, 11) is 1.10. The number of carbonyl (C=O) groups excluding carboxylic acids is 2. The van der Waals surface area contributed by atoms with Crippen molar-refractivity contribution in [3.05, 3.63) is 58.8 Å². The van der Waals surface area contributed by atoms with Crippen LogP contribution in [0.2, 0.25) is 0 Å². The van der Waals surface area contributed by atoms with Crippen LogP contribution in [-0.2, 0) is 11.0 Å². The van der Waals surface area contributed by atoms with Crippen LogP contribution in [0, 0.1) is 0 Å². The number of imide groups is 1. The smallest absolute Gasteiger partial charge is 0.421 e. The normalized spacial score (nSPS) is 15.1. The van der Waals surface area contributed by atoms with E-state index in [-0.39, 0.29) is 23.3 Å². The Morgan fingerprint density at radius 2 is 1.74 bits per heavy atom. The summed E-state index contributed by atoms with van der Waals surface area (Å²) in [5.41, 5.74) is -0.323. The van der Waals surface area contributed by atoms with Crippen molar-refractivity contribution in [2.45, 2.75) is 19.0 Å². The lowest BCUT2D eigenvalue weighted by Gasteiger charge is -2.19. The van der Waals surface area contributed by atoms with Crippen LogP contribution in [0.4, 0.5) is 13.2 Å². The molecule has 1 unspecified atom stereocenters.